The molecule has 0 spiro atoms. The van der Waals surface area contributed by atoms with E-state index in [9.17, 15) is 27.9 Å². The third-order valence-corrected chi connectivity index (χ3v) is 5.87. The lowest BCUT2D eigenvalue weighted by molar-refractivity contribution is 0.129. The number of fused-ring (bicyclic) bond motifs is 3. The molecule has 2 amide bonds. The Balaban J connectivity index is 1.77. The second-order valence-electron chi connectivity index (χ2n) is 7.98. The number of aromatic amines is 1. The van der Waals surface area contributed by atoms with E-state index in [1.54, 1.807) is 6.07 Å². The highest BCUT2D eigenvalue weighted by atomic mass is 19.2. The molecule has 8 nitrogen and oxygen atoms in total. The van der Waals surface area contributed by atoms with E-state index >= 15 is 0 Å². The summed E-state index contributed by atoms with van der Waals surface area (Å²) in [6.07, 6.45) is 0. The third-order valence-electron chi connectivity index (χ3n) is 5.87. The summed E-state index contributed by atoms with van der Waals surface area (Å²) in [5, 5.41) is 21.1. The minimum atomic E-state index is -1.16. The predicted octanol–water partition coefficient (Wildman–Crippen LogP) is 2.83. The first kappa shape index (κ1) is 23.3. The van der Waals surface area contributed by atoms with Crippen molar-refractivity contribution in [3.63, 3.8) is 0 Å². The van der Waals surface area contributed by atoms with E-state index in [2.05, 4.69) is 10.3 Å². The van der Waals surface area contributed by atoms with Crippen LogP contribution in [0.5, 0.6) is 0 Å². The average molecular weight is 471 g/mol. The second-order valence-corrected chi connectivity index (χ2v) is 7.98. The molecule has 2 aromatic carbocycles. The number of rotatable bonds is 4. The van der Waals surface area contributed by atoms with Crippen LogP contribution in [-0.4, -0.2) is 52.7 Å². The largest absolute Gasteiger partial charge is 0.395 e. The number of pyridine rings is 1. The Morgan fingerprint density at radius 2 is 1.94 bits per heavy atom. The Bertz CT molecular complexity index is 1380. The smallest absolute Gasteiger partial charge is 0.322 e. The molecule has 2 heterocycles. The zero-order valence-electron chi connectivity index (χ0n) is 18.0. The van der Waals surface area contributed by atoms with Gasteiger partial charge < -0.3 is 20.3 Å². The van der Waals surface area contributed by atoms with Crippen molar-refractivity contribution in [1.82, 2.24) is 14.8 Å². The van der Waals surface area contributed by atoms with Crippen molar-refractivity contribution in [2.24, 2.45) is 0 Å². The Morgan fingerprint density at radius 1 is 1.24 bits per heavy atom. The van der Waals surface area contributed by atoms with Gasteiger partial charge >= 0.3 is 6.03 Å². The van der Waals surface area contributed by atoms with E-state index in [0.29, 0.717) is 11.3 Å². The molecule has 0 fully saturated rings. The topological polar surface area (TPSA) is 112 Å². The molecule has 4 rings (SSSR count). The molecule has 176 valence electrons. The normalized spacial score (nSPS) is 15.6. The number of β-amino-alcohol motifs (C(OH)–C–C–N with tert-alkyl or cyclic N) is 1. The Morgan fingerprint density at radius 3 is 2.62 bits per heavy atom. The molecule has 0 aliphatic carbocycles. The summed E-state index contributed by atoms with van der Waals surface area (Å²) in [5.41, 5.74) is 0.231. The number of aliphatic hydroxyl groups excluding tert-OH is 1. The van der Waals surface area contributed by atoms with Crippen molar-refractivity contribution in [1.29, 1.82) is 5.26 Å². The number of H-pyrrole nitrogens is 1. The van der Waals surface area contributed by atoms with Crippen LogP contribution in [0.3, 0.4) is 0 Å². The summed E-state index contributed by atoms with van der Waals surface area (Å²) in [6, 6.07) is 5.70. The molecular weight excluding hydrogens is 451 g/mol. The van der Waals surface area contributed by atoms with Crippen molar-refractivity contribution >= 4 is 22.5 Å². The van der Waals surface area contributed by atoms with Crippen LogP contribution in [0.4, 0.5) is 23.7 Å². The van der Waals surface area contributed by atoms with E-state index < -0.39 is 35.1 Å². The maximum atomic E-state index is 14.1. The third kappa shape index (κ3) is 4.21. The number of benzene rings is 2. The lowest BCUT2D eigenvalue weighted by atomic mass is 9.93. The van der Waals surface area contributed by atoms with Gasteiger partial charge in [0.1, 0.15) is 11.9 Å². The lowest BCUT2D eigenvalue weighted by Crippen LogP contribution is -2.46. The SMILES string of the molecule is CN(C(=O)Nc1ccc(F)c(C#N)c1)[C@H]1CN(CCO)Cc2[nH]c(=O)c3cc(F)c(F)cc3c21. The first-order valence-electron chi connectivity index (χ1n) is 10.3. The number of carbonyl (C=O) groups excluding carboxylic acids is 1. The van der Waals surface area contributed by atoms with Crippen LogP contribution in [-0.2, 0) is 6.54 Å². The van der Waals surface area contributed by atoms with Gasteiger partial charge in [-0.05, 0) is 35.7 Å². The standard InChI is InChI=1S/C23H20F3N5O3/c1-30(23(34)28-13-2-3-16(24)12(6-13)9-27)20-11-31(4-5-32)10-19-21(20)14-7-17(25)18(26)8-15(14)22(33)29-19/h2-3,6-8,20,32H,4-5,10-11H2,1H3,(H,28,34)(H,29,33)/t20-/m0/s1. The molecule has 3 N–H and O–H groups in total. The number of hydrogen-bond acceptors (Lipinski definition) is 5. The Labute approximate surface area is 191 Å². The highest BCUT2D eigenvalue weighted by Gasteiger charge is 2.33. The highest BCUT2D eigenvalue weighted by Crippen LogP contribution is 2.35. The fourth-order valence-corrected chi connectivity index (χ4v) is 4.19. The minimum Gasteiger partial charge on any atom is -0.395 e. The van der Waals surface area contributed by atoms with Crippen molar-refractivity contribution in [2.75, 3.05) is 32.1 Å². The number of halogens is 3. The van der Waals surface area contributed by atoms with Gasteiger partial charge in [-0.1, -0.05) is 0 Å². The zero-order chi connectivity index (χ0) is 24.6. The molecule has 1 aliphatic rings. The van der Waals surface area contributed by atoms with Crippen LogP contribution in [0.15, 0.2) is 35.1 Å². The summed E-state index contributed by atoms with van der Waals surface area (Å²) >= 11 is 0. The number of urea groups is 1. The second kappa shape index (κ2) is 9.17. The lowest BCUT2D eigenvalue weighted by Gasteiger charge is -2.39. The first-order chi connectivity index (χ1) is 16.2. The molecule has 0 saturated carbocycles. The fourth-order valence-electron chi connectivity index (χ4n) is 4.19. The molecule has 1 atom stereocenters. The molecule has 0 unspecified atom stereocenters. The van der Waals surface area contributed by atoms with Gasteiger partial charge in [0, 0.05) is 43.6 Å². The molecule has 34 heavy (non-hydrogen) atoms. The van der Waals surface area contributed by atoms with Gasteiger partial charge in [0.15, 0.2) is 11.6 Å². The summed E-state index contributed by atoms with van der Waals surface area (Å²) in [6.45, 7) is 0.564. The van der Waals surface area contributed by atoms with E-state index in [0.717, 1.165) is 18.2 Å². The number of hydrogen-bond donors (Lipinski definition) is 3. The molecular formula is C23H20F3N5O3. The average Bonchev–Trinajstić information content (AvgIpc) is 2.80. The van der Waals surface area contributed by atoms with Crippen LogP contribution >= 0.6 is 0 Å². The van der Waals surface area contributed by atoms with E-state index in [-0.39, 0.29) is 48.3 Å². The Kier molecular flexibility index (Phi) is 6.28. The maximum absolute atomic E-state index is 14.1. The van der Waals surface area contributed by atoms with E-state index in [1.165, 1.54) is 24.1 Å². The van der Waals surface area contributed by atoms with Gasteiger partial charge in [-0.25, -0.2) is 18.0 Å². The number of anilines is 1. The summed E-state index contributed by atoms with van der Waals surface area (Å²) in [5.74, 6) is -3.01. The van der Waals surface area contributed by atoms with Crippen molar-refractivity contribution in [3.05, 3.63) is 75.0 Å². The van der Waals surface area contributed by atoms with Crippen molar-refractivity contribution in [2.45, 2.75) is 12.6 Å². The van der Waals surface area contributed by atoms with Gasteiger partial charge in [-0.2, -0.15) is 5.26 Å². The number of nitrogens with one attached hydrogen (secondary N) is 2. The summed E-state index contributed by atoms with van der Waals surface area (Å²) < 4.78 is 41.6. The van der Waals surface area contributed by atoms with Crippen LogP contribution in [0.1, 0.15) is 22.9 Å². The van der Waals surface area contributed by atoms with Gasteiger partial charge in [0.25, 0.3) is 5.56 Å². The zero-order valence-corrected chi connectivity index (χ0v) is 18.0. The van der Waals surface area contributed by atoms with E-state index in [1.807, 2.05) is 4.90 Å². The summed E-state index contributed by atoms with van der Waals surface area (Å²) in [4.78, 5) is 31.4. The summed E-state index contributed by atoms with van der Waals surface area (Å²) in [7, 11) is 1.48. The number of nitriles is 1. The monoisotopic (exact) mass is 471 g/mol. The van der Waals surface area contributed by atoms with Crippen molar-refractivity contribution in [3.8, 4) is 6.07 Å². The molecule has 1 aromatic heterocycles. The quantitative estimate of drug-likeness (QED) is 0.542. The first-order valence-corrected chi connectivity index (χ1v) is 10.3. The molecule has 1 aliphatic heterocycles. The fraction of sp³-hybridized carbons (Fsp3) is 0.261. The highest BCUT2D eigenvalue weighted by molar-refractivity contribution is 5.91. The molecule has 0 radical (unpaired) electrons. The van der Waals surface area contributed by atoms with Crippen LogP contribution in [0.2, 0.25) is 0 Å². The van der Waals surface area contributed by atoms with Crippen LogP contribution in [0.25, 0.3) is 10.8 Å². The predicted molar refractivity (Wildman–Crippen MR) is 117 cm³/mol. The van der Waals surface area contributed by atoms with Crippen molar-refractivity contribution < 1.29 is 23.1 Å². The number of aliphatic hydroxyl groups is 1. The molecule has 3 aromatic rings. The van der Waals surface area contributed by atoms with Gasteiger partial charge in [0.05, 0.1) is 23.6 Å². The minimum absolute atomic E-state index is 0.0516. The molecule has 11 heteroatoms. The van der Waals surface area contributed by atoms with E-state index in [4.69, 9.17) is 5.26 Å². The molecule has 0 saturated heterocycles. The van der Waals surface area contributed by atoms with Crippen LogP contribution in [0, 0.1) is 28.8 Å². The number of carbonyl (C=O) groups is 1. The van der Waals surface area contributed by atoms with Gasteiger partial charge in [0.2, 0.25) is 0 Å². The van der Waals surface area contributed by atoms with Gasteiger partial charge in [-0.15, -0.1) is 0 Å². The van der Waals surface area contributed by atoms with Crippen LogP contribution < -0.4 is 10.9 Å². The number of nitrogens with zero attached hydrogens (tertiary/aromatic N) is 3. The van der Waals surface area contributed by atoms with Gasteiger partial charge in [-0.3, -0.25) is 9.69 Å². The number of amides is 2. The maximum Gasteiger partial charge on any atom is 0.322 e. The number of likely N-dealkylation sites (N-methyl/N-ethyl adjacent to an activating group) is 1. The number of aromatic nitrogens is 1. The molecule has 0 bridgehead atoms. The Hall–Kier alpha value is -3.88.